The molecule has 0 spiro atoms. The van der Waals surface area contributed by atoms with Crippen LogP contribution in [0, 0.1) is 0 Å². The molecule has 0 fully saturated rings. The van der Waals surface area contributed by atoms with Crippen LogP contribution in [0.3, 0.4) is 0 Å². The Morgan fingerprint density at radius 2 is 1.85 bits per heavy atom. The number of carbonyl (C=O) groups excluding carboxylic acids is 2. The third-order valence-electron chi connectivity index (χ3n) is 3.47. The molecular formula is C19H19Cl2NO4. The number of esters is 1. The fourth-order valence-electron chi connectivity index (χ4n) is 2.12. The zero-order valence-electron chi connectivity index (χ0n) is 14.2. The third-order valence-corrected chi connectivity index (χ3v) is 4.05. The van der Waals surface area contributed by atoms with Crippen LogP contribution in [0.1, 0.15) is 12.5 Å². The molecule has 0 bridgehead atoms. The summed E-state index contributed by atoms with van der Waals surface area (Å²) in [4.78, 5) is 23.6. The van der Waals surface area contributed by atoms with Crippen molar-refractivity contribution in [3.8, 4) is 5.75 Å². The maximum atomic E-state index is 11.9. The number of carbonyl (C=O) groups is 2. The van der Waals surface area contributed by atoms with Crippen LogP contribution in [-0.2, 0) is 20.7 Å². The van der Waals surface area contributed by atoms with Gasteiger partial charge in [-0.3, -0.25) is 4.79 Å². The maximum absolute atomic E-state index is 11.9. The molecule has 0 saturated carbocycles. The number of amides is 1. The van der Waals surface area contributed by atoms with Crippen LogP contribution >= 0.6 is 23.2 Å². The van der Waals surface area contributed by atoms with Crippen LogP contribution < -0.4 is 10.1 Å². The van der Waals surface area contributed by atoms with Gasteiger partial charge in [-0.2, -0.15) is 0 Å². The van der Waals surface area contributed by atoms with Gasteiger partial charge in [-0.05, 0) is 43.2 Å². The van der Waals surface area contributed by atoms with Gasteiger partial charge in [0.2, 0.25) is 0 Å². The molecule has 0 aliphatic heterocycles. The molecule has 26 heavy (non-hydrogen) atoms. The van der Waals surface area contributed by atoms with Crippen LogP contribution in [0.15, 0.2) is 48.5 Å². The molecule has 5 nitrogen and oxygen atoms in total. The highest BCUT2D eigenvalue weighted by Crippen LogP contribution is 2.21. The highest BCUT2D eigenvalue weighted by Gasteiger charge is 2.17. The molecule has 0 saturated heterocycles. The van der Waals surface area contributed by atoms with E-state index in [4.69, 9.17) is 32.7 Å². The predicted octanol–water partition coefficient (Wildman–Crippen LogP) is 3.66. The highest BCUT2D eigenvalue weighted by atomic mass is 35.5. The van der Waals surface area contributed by atoms with Crippen LogP contribution in [0.2, 0.25) is 10.0 Å². The van der Waals surface area contributed by atoms with Crippen molar-refractivity contribution in [2.75, 3.05) is 13.2 Å². The fourth-order valence-corrected chi connectivity index (χ4v) is 2.62. The summed E-state index contributed by atoms with van der Waals surface area (Å²) in [5, 5.41) is 3.77. The molecule has 7 heteroatoms. The van der Waals surface area contributed by atoms with E-state index in [0.29, 0.717) is 28.8 Å². The third kappa shape index (κ3) is 6.58. The molecule has 0 heterocycles. The van der Waals surface area contributed by atoms with Crippen molar-refractivity contribution in [2.45, 2.75) is 19.4 Å². The van der Waals surface area contributed by atoms with E-state index in [1.807, 2.05) is 6.07 Å². The molecule has 0 aliphatic rings. The van der Waals surface area contributed by atoms with Crippen LogP contribution in [0.4, 0.5) is 0 Å². The van der Waals surface area contributed by atoms with Crippen molar-refractivity contribution in [3.05, 3.63) is 64.1 Å². The van der Waals surface area contributed by atoms with Gasteiger partial charge >= 0.3 is 5.97 Å². The van der Waals surface area contributed by atoms with E-state index in [0.717, 1.165) is 5.56 Å². The Bertz CT molecular complexity index is 752. The molecule has 0 unspecified atom stereocenters. The number of halogens is 2. The van der Waals surface area contributed by atoms with E-state index >= 15 is 0 Å². The predicted molar refractivity (Wildman–Crippen MR) is 101 cm³/mol. The van der Waals surface area contributed by atoms with Gasteiger partial charge < -0.3 is 14.8 Å². The van der Waals surface area contributed by atoms with Crippen molar-refractivity contribution in [2.24, 2.45) is 0 Å². The Labute approximate surface area is 162 Å². The minimum Gasteiger partial charge on any atom is -0.479 e. The number of hydrogen-bond donors (Lipinski definition) is 1. The first kappa shape index (κ1) is 20.1. The van der Waals surface area contributed by atoms with Crippen molar-refractivity contribution >= 4 is 35.1 Å². The molecule has 0 radical (unpaired) electrons. The number of nitrogens with one attached hydrogen (secondary N) is 1. The summed E-state index contributed by atoms with van der Waals surface area (Å²) in [5.74, 6) is -0.443. The van der Waals surface area contributed by atoms with Gasteiger partial charge in [0.25, 0.3) is 5.91 Å². The molecule has 138 valence electrons. The number of rotatable bonds is 8. The Kier molecular flexibility index (Phi) is 7.75. The average Bonchev–Trinajstić information content (AvgIpc) is 2.62. The molecule has 2 aromatic carbocycles. The highest BCUT2D eigenvalue weighted by molar-refractivity contribution is 6.35. The Morgan fingerprint density at radius 1 is 1.12 bits per heavy atom. The molecular weight excluding hydrogens is 377 g/mol. The Hall–Kier alpha value is -2.24. The van der Waals surface area contributed by atoms with Gasteiger partial charge in [0.15, 0.2) is 12.7 Å². The topological polar surface area (TPSA) is 64.6 Å². The summed E-state index contributed by atoms with van der Waals surface area (Å²) in [6, 6.07) is 14.1. The zero-order valence-corrected chi connectivity index (χ0v) is 15.7. The fraction of sp³-hybridized carbons (Fsp3) is 0.263. The van der Waals surface area contributed by atoms with E-state index in [9.17, 15) is 9.59 Å². The SMILES string of the molecule is C[C@H](Oc1ccccc1)C(=O)OCC(=O)NCCc1ccc(Cl)cc1Cl. The van der Waals surface area contributed by atoms with E-state index < -0.39 is 18.0 Å². The van der Waals surface area contributed by atoms with E-state index in [1.165, 1.54) is 0 Å². The first-order chi connectivity index (χ1) is 12.5. The molecule has 0 aromatic heterocycles. The summed E-state index contributed by atoms with van der Waals surface area (Å²) >= 11 is 11.9. The van der Waals surface area contributed by atoms with E-state index in [1.54, 1.807) is 49.4 Å². The summed E-state index contributed by atoms with van der Waals surface area (Å²) in [6.45, 7) is 1.57. The van der Waals surface area contributed by atoms with E-state index in [2.05, 4.69) is 5.32 Å². The van der Waals surface area contributed by atoms with Crippen molar-refractivity contribution < 1.29 is 19.1 Å². The molecule has 1 amide bonds. The summed E-state index contributed by atoms with van der Waals surface area (Å²) < 4.78 is 10.4. The first-order valence-electron chi connectivity index (χ1n) is 8.04. The molecule has 0 aliphatic carbocycles. The Balaban J connectivity index is 1.68. The number of ether oxygens (including phenoxy) is 2. The number of benzene rings is 2. The van der Waals surface area contributed by atoms with Crippen molar-refractivity contribution in [3.63, 3.8) is 0 Å². The lowest BCUT2D eigenvalue weighted by atomic mass is 10.1. The van der Waals surface area contributed by atoms with E-state index in [-0.39, 0.29) is 6.61 Å². The second kappa shape index (κ2) is 10.0. The molecule has 2 aromatic rings. The summed E-state index contributed by atoms with van der Waals surface area (Å²) in [7, 11) is 0. The smallest absolute Gasteiger partial charge is 0.347 e. The number of hydrogen-bond acceptors (Lipinski definition) is 4. The molecule has 2 rings (SSSR count). The average molecular weight is 396 g/mol. The van der Waals surface area contributed by atoms with Crippen LogP contribution in [-0.4, -0.2) is 31.1 Å². The lowest BCUT2D eigenvalue weighted by Gasteiger charge is -2.14. The van der Waals surface area contributed by atoms with Crippen LogP contribution in [0.25, 0.3) is 0 Å². The van der Waals surface area contributed by atoms with Gasteiger partial charge in [-0.15, -0.1) is 0 Å². The minimum absolute atomic E-state index is 0.365. The quantitative estimate of drug-likeness (QED) is 0.692. The van der Waals surface area contributed by atoms with Crippen molar-refractivity contribution in [1.29, 1.82) is 0 Å². The second-order valence-corrected chi connectivity index (χ2v) is 6.36. The second-order valence-electron chi connectivity index (χ2n) is 5.52. The first-order valence-corrected chi connectivity index (χ1v) is 8.80. The van der Waals surface area contributed by atoms with Crippen molar-refractivity contribution in [1.82, 2.24) is 5.32 Å². The standard InChI is InChI=1S/C19H19Cl2NO4/c1-13(26-16-5-3-2-4-6-16)19(24)25-12-18(23)22-10-9-14-7-8-15(20)11-17(14)21/h2-8,11,13H,9-10,12H2,1H3,(H,22,23)/t13-/m0/s1. The molecule has 1 atom stereocenters. The zero-order chi connectivity index (χ0) is 18.9. The molecule has 1 N–H and O–H groups in total. The summed E-state index contributed by atoms with van der Waals surface area (Å²) in [6.07, 6.45) is -0.262. The van der Waals surface area contributed by atoms with Gasteiger partial charge in [0.1, 0.15) is 5.75 Å². The normalized spacial score (nSPS) is 11.5. The summed E-state index contributed by atoms with van der Waals surface area (Å²) in [5.41, 5.74) is 0.873. The minimum atomic E-state index is -0.807. The number of para-hydroxylation sites is 1. The largest absolute Gasteiger partial charge is 0.479 e. The van der Waals surface area contributed by atoms with Gasteiger partial charge in [0.05, 0.1) is 0 Å². The van der Waals surface area contributed by atoms with Crippen LogP contribution in [0.5, 0.6) is 5.75 Å². The lowest BCUT2D eigenvalue weighted by Crippen LogP contribution is -2.33. The Morgan fingerprint density at radius 3 is 2.54 bits per heavy atom. The maximum Gasteiger partial charge on any atom is 0.347 e. The van der Waals surface area contributed by atoms with Gasteiger partial charge in [0, 0.05) is 16.6 Å². The lowest BCUT2D eigenvalue weighted by molar-refractivity contribution is -0.154. The monoisotopic (exact) mass is 395 g/mol. The van der Waals surface area contributed by atoms with Gasteiger partial charge in [-0.1, -0.05) is 47.5 Å². The van der Waals surface area contributed by atoms with Gasteiger partial charge in [-0.25, -0.2) is 4.79 Å².